The number of allylic oxidation sites excluding steroid dienone is 1. The van der Waals surface area contributed by atoms with Crippen LogP contribution < -0.4 is 10.2 Å². The zero-order valence-corrected chi connectivity index (χ0v) is 14.5. The third-order valence-corrected chi connectivity index (χ3v) is 3.39. The average molecular weight is 353 g/mol. The molecule has 2 aromatic rings. The summed E-state index contributed by atoms with van der Waals surface area (Å²) in [5, 5.41) is 14.6. The lowest BCUT2D eigenvalue weighted by molar-refractivity contribution is -0.384. The van der Waals surface area contributed by atoms with Gasteiger partial charge in [0.05, 0.1) is 10.6 Å². The van der Waals surface area contributed by atoms with Crippen molar-refractivity contribution in [2.45, 2.75) is 20.0 Å². The number of carbonyl (C=O) groups excluding carboxylic acids is 1. The Morgan fingerprint density at radius 2 is 1.85 bits per heavy atom. The lowest BCUT2D eigenvalue weighted by atomic mass is 10.2. The quantitative estimate of drug-likeness (QED) is 0.468. The molecule has 1 atom stereocenters. The van der Waals surface area contributed by atoms with Crippen molar-refractivity contribution in [3.63, 3.8) is 0 Å². The highest BCUT2D eigenvalue weighted by Gasteiger charge is 2.14. The molecule has 1 N–H and O–H groups in total. The third kappa shape index (κ3) is 5.86. The molecule has 0 aromatic heterocycles. The van der Waals surface area contributed by atoms with Crippen molar-refractivity contribution in [2.24, 2.45) is 5.10 Å². The first kappa shape index (κ1) is 18.9. The normalized spacial score (nSPS) is 12.6. The number of ether oxygens (including phenoxy) is 1. The Morgan fingerprint density at radius 3 is 2.46 bits per heavy atom. The summed E-state index contributed by atoms with van der Waals surface area (Å²) in [6.45, 7) is 3.34. The first-order valence-corrected chi connectivity index (χ1v) is 7.94. The molecule has 0 radical (unpaired) electrons. The number of hydrogen-bond acceptors (Lipinski definition) is 5. The van der Waals surface area contributed by atoms with E-state index >= 15 is 0 Å². The molecule has 1 unspecified atom stereocenters. The molecule has 0 aliphatic heterocycles. The molecule has 1 amide bonds. The average Bonchev–Trinajstić information content (AvgIpc) is 2.65. The van der Waals surface area contributed by atoms with Gasteiger partial charge in [-0.25, -0.2) is 5.43 Å². The number of benzene rings is 2. The van der Waals surface area contributed by atoms with Gasteiger partial charge in [-0.2, -0.15) is 5.10 Å². The monoisotopic (exact) mass is 353 g/mol. The summed E-state index contributed by atoms with van der Waals surface area (Å²) in [6.07, 6.45) is 2.88. The van der Waals surface area contributed by atoms with Crippen LogP contribution >= 0.6 is 0 Å². The van der Waals surface area contributed by atoms with Gasteiger partial charge in [-0.1, -0.05) is 36.4 Å². The van der Waals surface area contributed by atoms with E-state index in [0.29, 0.717) is 11.5 Å². The minimum atomic E-state index is -0.800. The molecule has 2 aromatic carbocycles. The number of hydrazone groups is 1. The molecule has 26 heavy (non-hydrogen) atoms. The van der Waals surface area contributed by atoms with Crippen LogP contribution in [0.2, 0.25) is 0 Å². The van der Waals surface area contributed by atoms with Crippen molar-refractivity contribution in [3.05, 3.63) is 76.4 Å². The predicted octanol–water partition coefficient (Wildman–Crippen LogP) is 3.57. The van der Waals surface area contributed by atoms with E-state index in [1.807, 2.05) is 36.4 Å². The fourth-order valence-electron chi connectivity index (χ4n) is 1.96. The van der Waals surface area contributed by atoms with E-state index in [0.717, 1.165) is 5.56 Å². The van der Waals surface area contributed by atoms with Crippen LogP contribution in [0.15, 0.2) is 65.8 Å². The van der Waals surface area contributed by atoms with Gasteiger partial charge in [0.1, 0.15) is 5.75 Å². The first-order valence-electron chi connectivity index (χ1n) is 7.94. The summed E-state index contributed by atoms with van der Waals surface area (Å²) in [4.78, 5) is 22.1. The molecule has 0 aliphatic rings. The molecule has 0 saturated carbocycles. The van der Waals surface area contributed by atoms with Gasteiger partial charge in [0.2, 0.25) is 0 Å². The van der Waals surface area contributed by atoms with Crippen LogP contribution in [0.4, 0.5) is 5.69 Å². The smallest absolute Gasteiger partial charge is 0.280 e. The Morgan fingerprint density at radius 1 is 1.19 bits per heavy atom. The van der Waals surface area contributed by atoms with Gasteiger partial charge in [-0.05, 0) is 37.6 Å². The maximum atomic E-state index is 12.0. The second-order valence-corrected chi connectivity index (χ2v) is 5.48. The second-order valence-electron chi connectivity index (χ2n) is 5.48. The molecular weight excluding hydrogens is 334 g/mol. The van der Waals surface area contributed by atoms with Gasteiger partial charge < -0.3 is 4.74 Å². The Bertz CT molecular complexity index is 814. The van der Waals surface area contributed by atoms with Crippen molar-refractivity contribution in [2.75, 3.05) is 0 Å². The first-order chi connectivity index (χ1) is 12.5. The summed E-state index contributed by atoms with van der Waals surface area (Å²) < 4.78 is 5.45. The summed E-state index contributed by atoms with van der Waals surface area (Å²) in [6, 6.07) is 15.2. The lowest BCUT2D eigenvalue weighted by Gasteiger charge is -2.12. The van der Waals surface area contributed by atoms with Crippen LogP contribution in [-0.2, 0) is 4.79 Å². The molecule has 7 heteroatoms. The van der Waals surface area contributed by atoms with Crippen molar-refractivity contribution < 1.29 is 14.5 Å². The number of rotatable bonds is 7. The van der Waals surface area contributed by atoms with E-state index < -0.39 is 16.9 Å². The number of non-ortho nitro benzene ring substituents is 1. The molecule has 0 saturated heterocycles. The van der Waals surface area contributed by atoms with Crippen LogP contribution in [0.1, 0.15) is 19.4 Å². The van der Waals surface area contributed by atoms with E-state index in [1.54, 1.807) is 19.9 Å². The Balaban J connectivity index is 1.87. The predicted molar refractivity (Wildman–Crippen MR) is 99.9 cm³/mol. The number of hydrogen-bond donors (Lipinski definition) is 1. The lowest BCUT2D eigenvalue weighted by Crippen LogP contribution is -2.33. The second kappa shape index (κ2) is 9.12. The fourth-order valence-corrected chi connectivity index (χ4v) is 1.96. The number of nitrogens with zero attached hydrogens (tertiary/aromatic N) is 2. The van der Waals surface area contributed by atoms with Crippen LogP contribution in [-0.4, -0.2) is 22.6 Å². The molecule has 0 fully saturated rings. The number of nitro groups is 1. The fraction of sp³-hybridized carbons (Fsp3) is 0.158. The molecule has 2 rings (SSSR count). The molecule has 0 aliphatic carbocycles. The molecule has 0 bridgehead atoms. The Hall–Kier alpha value is -3.48. The van der Waals surface area contributed by atoms with E-state index in [1.165, 1.54) is 24.3 Å². The molecule has 134 valence electrons. The SMILES string of the molecule is CC(C=Cc1ccccc1)=NNC(=O)C(C)Oc1ccc([N+](=O)[O-])cc1. The van der Waals surface area contributed by atoms with Gasteiger partial charge in [0, 0.05) is 12.1 Å². The number of nitrogens with one attached hydrogen (secondary N) is 1. The summed E-state index contributed by atoms with van der Waals surface area (Å²) in [5.41, 5.74) is 4.05. The molecule has 7 nitrogen and oxygen atoms in total. The van der Waals surface area contributed by atoms with Crippen LogP contribution in [0.25, 0.3) is 6.08 Å². The zero-order valence-electron chi connectivity index (χ0n) is 14.5. The minimum Gasteiger partial charge on any atom is -0.481 e. The van der Waals surface area contributed by atoms with Gasteiger partial charge in [-0.15, -0.1) is 0 Å². The topological polar surface area (TPSA) is 93.8 Å². The number of nitro benzene ring substituents is 1. The largest absolute Gasteiger partial charge is 0.481 e. The minimum absolute atomic E-state index is 0.0418. The van der Waals surface area contributed by atoms with Gasteiger partial charge in [0.25, 0.3) is 11.6 Å². The van der Waals surface area contributed by atoms with Crippen LogP contribution in [0.3, 0.4) is 0 Å². The highest BCUT2D eigenvalue weighted by atomic mass is 16.6. The maximum Gasteiger partial charge on any atom is 0.280 e. The van der Waals surface area contributed by atoms with Crippen molar-refractivity contribution in [1.82, 2.24) is 5.43 Å². The van der Waals surface area contributed by atoms with Crippen molar-refractivity contribution in [1.29, 1.82) is 0 Å². The van der Waals surface area contributed by atoms with Gasteiger partial charge in [-0.3, -0.25) is 14.9 Å². The summed E-state index contributed by atoms with van der Waals surface area (Å²) in [5.74, 6) is -0.0567. The summed E-state index contributed by atoms with van der Waals surface area (Å²) >= 11 is 0. The number of carbonyl (C=O) groups is 1. The van der Waals surface area contributed by atoms with Gasteiger partial charge in [0.15, 0.2) is 6.10 Å². The highest BCUT2D eigenvalue weighted by Crippen LogP contribution is 2.18. The Labute approximate surface area is 151 Å². The zero-order chi connectivity index (χ0) is 18.9. The number of amides is 1. The Kier molecular flexibility index (Phi) is 6.61. The molecule has 0 heterocycles. The maximum absolute atomic E-state index is 12.0. The van der Waals surface area contributed by atoms with E-state index in [2.05, 4.69) is 10.5 Å². The van der Waals surface area contributed by atoms with Gasteiger partial charge >= 0.3 is 0 Å². The van der Waals surface area contributed by atoms with Crippen molar-refractivity contribution in [3.8, 4) is 5.75 Å². The summed E-state index contributed by atoms with van der Waals surface area (Å²) in [7, 11) is 0. The van der Waals surface area contributed by atoms with E-state index in [4.69, 9.17) is 4.74 Å². The standard InChI is InChI=1S/C19H19N3O4/c1-14(8-9-16-6-4-3-5-7-16)20-21-19(23)15(2)26-18-12-10-17(11-13-18)22(24)25/h3-13,15H,1-2H3,(H,21,23). The molecule has 0 spiro atoms. The molecular formula is C19H19N3O4. The van der Waals surface area contributed by atoms with E-state index in [9.17, 15) is 14.9 Å². The van der Waals surface area contributed by atoms with Crippen LogP contribution in [0.5, 0.6) is 5.75 Å². The van der Waals surface area contributed by atoms with Crippen molar-refractivity contribution >= 4 is 23.4 Å². The van der Waals surface area contributed by atoms with Crippen LogP contribution in [0, 0.1) is 10.1 Å². The third-order valence-electron chi connectivity index (χ3n) is 3.39. The van der Waals surface area contributed by atoms with E-state index in [-0.39, 0.29) is 5.69 Å². The highest BCUT2D eigenvalue weighted by molar-refractivity contribution is 5.97.